The summed E-state index contributed by atoms with van der Waals surface area (Å²) in [6.45, 7) is 10.9. The van der Waals surface area contributed by atoms with E-state index < -0.39 is 11.3 Å². The molecule has 2 heterocycles. The van der Waals surface area contributed by atoms with Gasteiger partial charge in [-0.1, -0.05) is 48.6 Å². The molecule has 268 valence electrons. The van der Waals surface area contributed by atoms with Gasteiger partial charge < -0.3 is 26.2 Å². The third-order valence-electron chi connectivity index (χ3n) is 10.8. The summed E-state index contributed by atoms with van der Waals surface area (Å²) in [5, 5.41) is 6.63. The van der Waals surface area contributed by atoms with Crippen LogP contribution >= 0.6 is 0 Å². The fourth-order valence-corrected chi connectivity index (χ4v) is 7.74. The third kappa shape index (κ3) is 7.77. The number of primary amides is 1. The predicted molar refractivity (Wildman–Crippen MR) is 202 cm³/mol. The standard InChI is InChI=1S/C41H51N7O3/c1-4-48(5-2)32-15-16-35(41(40(42)51)18-9-12-31(28-41)39(50)46(3)24-25-47-22-20-43-21-23-47)34(27-32)37-26-30(17-19-44-37)38(49)45-36-14-8-11-29-10-6-7-13-33(29)36/h6-7,9-10,12-13,15-19,26-27,36,43H,4-5,8,11,14,20-25,28H2,1-3H3,(H2,42,51)(H,45,49). The van der Waals surface area contributed by atoms with Gasteiger partial charge in [-0.3, -0.25) is 24.3 Å². The summed E-state index contributed by atoms with van der Waals surface area (Å²) in [6, 6.07) is 17.7. The summed E-state index contributed by atoms with van der Waals surface area (Å²) in [6.07, 6.45) is 10.0. The molecule has 10 heteroatoms. The van der Waals surface area contributed by atoms with Crippen molar-refractivity contribution in [2.24, 2.45) is 5.73 Å². The van der Waals surface area contributed by atoms with E-state index in [2.05, 4.69) is 46.4 Å². The van der Waals surface area contributed by atoms with Crippen LogP contribution in [0.25, 0.3) is 11.3 Å². The van der Waals surface area contributed by atoms with Crippen LogP contribution in [0.3, 0.4) is 0 Å². The Morgan fingerprint density at radius 2 is 1.84 bits per heavy atom. The third-order valence-corrected chi connectivity index (χ3v) is 10.8. The molecule has 2 unspecified atom stereocenters. The number of carbonyl (C=O) groups excluding carboxylic acids is 3. The molecule has 1 saturated heterocycles. The number of carbonyl (C=O) groups is 3. The second-order valence-electron chi connectivity index (χ2n) is 13.8. The molecule has 1 fully saturated rings. The van der Waals surface area contributed by atoms with Crippen molar-refractivity contribution >= 4 is 23.4 Å². The van der Waals surface area contributed by atoms with E-state index in [9.17, 15) is 14.4 Å². The van der Waals surface area contributed by atoms with Crippen molar-refractivity contribution in [2.75, 3.05) is 64.3 Å². The van der Waals surface area contributed by atoms with Crippen molar-refractivity contribution in [3.05, 3.63) is 107 Å². The lowest BCUT2D eigenvalue weighted by molar-refractivity contribution is -0.126. The minimum absolute atomic E-state index is 0.0659. The Balaban J connectivity index is 1.32. The minimum atomic E-state index is -1.30. The Morgan fingerprint density at radius 1 is 1.06 bits per heavy atom. The first-order valence-corrected chi connectivity index (χ1v) is 18.4. The first-order valence-electron chi connectivity index (χ1n) is 18.4. The number of hydrogen-bond donors (Lipinski definition) is 3. The largest absolute Gasteiger partial charge is 0.372 e. The van der Waals surface area contributed by atoms with Gasteiger partial charge in [0.05, 0.1) is 17.2 Å². The number of aryl methyl sites for hydroxylation is 1. The second-order valence-corrected chi connectivity index (χ2v) is 13.8. The summed E-state index contributed by atoms with van der Waals surface area (Å²) >= 11 is 0. The number of fused-ring (bicyclic) bond motifs is 1. The van der Waals surface area contributed by atoms with Gasteiger partial charge in [0.2, 0.25) is 11.8 Å². The van der Waals surface area contributed by atoms with Crippen LogP contribution in [0.2, 0.25) is 0 Å². The Morgan fingerprint density at radius 3 is 2.61 bits per heavy atom. The van der Waals surface area contributed by atoms with Gasteiger partial charge in [-0.2, -0.15) is 0 Å². The zero-order valence-electron chi connectivity index (χ0n) is 30.2. The maximum Gasteiger partial charge on any atom is 0.251 e. The monoisotopic (exact) mass is 689 g/mol. The fourth-order valence-electron chi connectivity index (χ4n) is 7.74. The van der Waals surface area contributed by atoms with Crippen LogP contribution in [0.4, 0.5) is 5.69 Å². The van der Waals surface area contributed by atoms with Crippen LogP contribution in [0.15, 0.2) is 84.6 Å². The van der Waals surface area contributed by atoms with E-state index in [4.69, 9.17) is 10.7 Å². The fraction of sp³-hybridized carbons (Fsp3) is 0.415. The lowest BCUT2D eigenvalue weighted by atomic mass is 9.70. The number of piperazine rings is 1. The number of anilines is 1. The molecule has 2 aromatic carbocycles. The van der Waals surface area contributed by atoms with Gasteiger partial charge in [-0.05, 0) is 80.5 Å². The summed E-state index contributed by atoms with van der Waals surface area (Å²) in [7, 11) is 1.81. The molecule has 3 amide bonds. The van der Waals surface area contributed by atoms with Gasteiger partial charge in [0.25, 0.3) is 5.91 Å². The highest BCUT2D eigenvalue weighted by Gasteiger charge is 2.42. The van der Waals surface area contributed by atoms with E-state index in [1.165, 1.54) is 11.1 Å². The number of nitrogens with two attached hydrogens (primary N) is 1. The van der Waals surface area contributed by atoms with Crippen LogP contribution in [-0.4, -0.2) is 91.9 Å². The molecule has 4 N–H and O–H groups in total. The van der Waals surface area contributed by atoms with Gasteiger partial charge in [0.15, 0.2) is 0 Å². The zero-order chi connectivity index (χ0) is 36.0. The summed E-state index contributed by atoms with van der Waals surface area (Å²) in [5.41, 5.74) is 11.3. The molecule has 1 aromatic heterocycles. The average Bonchev–Trinajstić information content (AvgIpc) is 3.17. The summed E-state index contributed by atoms with van der Waals surface area (Å²) in [4.78, 5) is 52.3. The lowest BCUT2D eigenvalue weighted by Gasteiger charge is -2.35. The number of nitrogens with one attached hydrogen (secondary N) is 2. The molecule has 3 aromatic rings. The van der Waals surface area contributed by atoms with Crippen molar-refractivity contribution in [1.29, 1.82) is 0 Å². The molecule has 2 aliphatic carbocycles. The number of allylic oxidation sites excluding steroid dienone is 2. The highest BCUT2D eigenvalue weighted by Crippen LogP contribution is 2.42. The highest BCUT2D eigenvalue weighted by atomic mass is 16.2. The number of aromatic nitrogens is 1. The first-order chi connectivity index (χ1) is 24.7. The number of hydrogen-bond acceptors (Lipinski definition) is 7. The zero-order valence-corrected chi connectivity index (χ0v) is 30.2. The first kappa shape index (κ1) is 36.0. The summed E-state index contributed by atoms with van der Waals surface area (Å²) in [5.74, 6) is -0.853. The Labute approximate surface area is 301 Å². The molecule has 2 atom stereocenters. The normalized spacial score (nSPS) is 20.2. The van der Waals surface area contributed by atoms with Gasteiger partial charge in [-0.25, -0.2) is 0 Å². The maximum absolute atomic E-state index is 13.8. The van der Waals surface area contributed by atoms with Crippen molar-refractivity contribution in [3.8, 4) is 11.3 Å². The van der Waals surface area contributed by atoms with Crippen molar-refractivity contribution < 1.29 is 14.4 Å². The van der Waals surface area contributed by atoms with E-state index in [0.29, 0.717) is 34.5 Å². The molecular weight excluding hydrogens is 638 g/mol. The molecular formula is C41H51N7O3. The SMILES string of the molecule is CCN(CC)c1ccc(C2(C(N)=O)C=CC=C(C(=O)N(C)CCN3CCNCC3)C2)c(-c2cc(C(=O)NC3CCCc4ccccc43)ccn2)c1. The maximum atomic E-state index is 13.8. The predicted octanol–water partition coefficient (Wildman–Crippen LogP) is 4.38. The van der Waals surface area contributed by atoms with Crippen LogP contribution in [0, 0.1) is 0 Å². The van der Waals surface area contributed by atoms with Crippen molar-refractivity contribution in [2.45, 2.75) is 51.0 Å². The number of amides is 3. The quantitative estimate of drug-likeness (QED) is 0.258. The van der Waals surface area contributed by atoms with Crippen LogP contribution < -0.4 is 21.3 Å². The lowest BCUT2D eigenvalue weighted by Crippen LogP contribution is -2.47. The van der Waals surface area contributed by atoms with Crippen molar-refractivity contribution in [3.63, 3.8) is 0 Å². The van der Waals surface area contributed by atoms with Crippen LogP contribution in [0.1, 0.15) is 66.2 Å². The van der Waals surface area contributed by atoms with E-state index in [1.807, 2.05) is 37.4 Å². The number of nitrogens with zero attached hydrogens (tertiary/aromatic N) is 4. The van der Waals surface area contributed by atoms with Gasteiger partial charge in [-0.15, -0.1) is 0 Å². The second kappa shape index (κ2) is 16.0. The number of likely N-dealkylation sites (N-methyl/N-ethyl adjacent to an activating group) is 1. The average molecular weight is 690 g/mol. The van der Waals surface area contributed by atoms with E-state index >= 15 is 0 Å². The molecule has 0 saturated carbocycles. The molecule has 0 radical (unpaired) electrons. The Hall–Kier alpha value is -4.80. The van der Waals surface area contributed by atoms with Gasteiger partial charge >= 0.3 is 0 Å². The molecule has 10 nitrogen and oxygen atoms in total. The van der Waals surface area contributed by atoms with E-state index in [-0.39, 0.29) is 24.3 Å². The molecule has 1 aliphatic heterocycles. The highest BCUT2D eigenvalue weighted by molar-refractivity contribution is 6.00. The molecule has 0 spiro atoms. The minimum Gasteiger partial charge on any atom is -0.372 e. The Kier molecular flexibility index (Phi) is 11.3. The van der Waals surface area contributed by atoms with E-state index in [0.717, 1.165) is 70.8 Å². The molecule has 6 rings (SSSR count). The van der Waals surface area contributed by atoms with Gasteiger partial charge in [0, 0.05) is 88.0 Å². The van der Waals surface area contributed by atoms with E-state index in [1.54, 1.807) is 41.5 Å². The molecule has 51 heavy (non-hydrogen) atoms. The molecule has 0 bridgehead atoms. The smallest absolute Gasteiger partial charge is 0.251 e. The Bertz CT molecular complexity index is 1810. The van der Waals surface area contributed by atoms with Crippen LogP contribution in [-0.2, 0) is 21.4 Å². The topological polar surface area (TPSA) is 124 Å². The number of pyridine rings is 1. The van der Waals surface area contributed by atoms with Crippen LogP contribution in [0.5, 0.6) is 0 Å². The van der Waals surface area contributed by atoms with Gasteiger partial charge in [0.1, 0.15) is 0 Å². The molecule has 3 aliphatic rings. The number of rotatable bonds is 12. The van der Waals surface area contributed by atoms with Crippen molar-refractivity contribution in [1.82, 2.24) is 25.4 Å². The number of benzene rings is 2. The summed E-state index contributed by atoms with van der Waals surface area (Å²) < 4.78 is 0.